The Balaban J connectivity index is 1.07. The summed E-state index contributed by atoms with van der Waals surface area (Å²) in [5, 5.41) is 29.9. The largest absolute Gasteiger partial charge is 0.454 e. The maximum Gasteiger partial charge on any atom is 0.323 e. The molecule has 0 aromatic heterocycles. The Kier molecular flexibility index (Phi) is 11.1. The fourth-order valence-corrected chi connectivity index (χ4v) is 10.9. The highest BCUT2D eigenvalue weighted by Gasteiger charge is 2.62. The number of benzene rings is 1. The molecule has 11 nitrogen and oxygen atoms in total. The number of piperazine rings is 1. The lowest BCUT2D eigenvalue weighted by Crippen LogP contribution is -2.66. The summed E-state index contributed by atoms with van der Waals surface area (Å²) in [6.45, 7) is 14.0. The van der Waals surface area contributed by atoms with Crippen molar-refractivity contribution in [1.29, 1.82) is 0 Å². The number of halogens is 1. The van der Waals surface area contributed by atoms with Crippen molar-refractivity contribution in [2.45, 2.75) is 115 Å². The summed E-state index contributed by atoms with van der Waals surface area (Å²) >= 11 is 6.49. The molecule has 1 aromatic carbocycles. The maximum absolute atomic E-state index is 14.2. The number of nitrogens with one attached hydrogen (secondary N) is 1. The zero-order valence-corrected chi connectivity index (χ0v) is 32.3. The van der Waals surface area contributed by atoms with Crippen LogP contribution in [0, 0.1) is 29.6 Å². The van der Waals surface area contributed by atoms with E-state index in [1.165, 1.54) is 50.6 Å². The zero-order chi connectivity index (χ0) is 36.9. The first-order chi connectivity index (χ1) is 24.8. The van der Waals surface area contributed by atoms with Crippen molar-refractivity contribution in [1.82, 2.24) is 15.1 Å². The van der Waals surface area contributed by atoms with Crippen LogP contribution in [-0.2, 0) is 29.5 Å². The summed E-state index contributed by atoms with van der Waals surface area (Å²) in [5.41, 5.74) is -1.16. The van der Waals surface area contributed by atoms with Crippen molar-refractivity contribution in [2.24, 2.45) is 29.6 Å². The Morgan fingerprint density at radius 2 is 1.77 bits per heavy atom. The van der Waals surface area contributed by atoms with Gasteiger partial charge in [0.15, 0.2) is 18.4 Å². The van der Waals surface area contributed by atoms with Crippen molar-refractivity contribution < 1.29 is 34.1 Å². The lowest BCUT2D eigenvalue weighted by molar-refractivity contribution is -0.225. The highest BCUT2D eigenvalue weighted by atomic mass is 35.5. The second kappa shape index (κ2) is 15.1. The van der Waals surface area contributed by atoms with Crippen LogP contribution in [0.15, 0.2) is 29.8 Å². The highest BCUT2D eigenvalue weighted by molar-refractivity contribution is 6.33. The number of hydrogen-bond acceptors (Lipinski definition) is 11. The lowest BCUT2D eigenvalue weighted by atomic mass is 9.55. The molecule has 0 spiro atoms. The van der Waals surface area contributed by atoms with Crippen molar-refractivity contribution in [3.8, 4) is 0 Å². The molecule has 2 saturated carbocycles. The average molecular weight is 743 g/mol. The third kappa shape index (κ3) is 7.04. The van der Waals surface area contributed by atoms with Crippen molar-refractivity contribution in [3.63, 3.8) is 0 Å². The lowest BCUT2D eigenvalue weighted by Gasteiger charge is -2.56. The molecule has 3 heterocycles. The number of nitrogens with zero attached hydrogens (tertiary/aromatic N) is 3. The number of carbonyl (C=O) groups excluding carboxylic acids is 2. The fraction of sp³-hybridized carbons (Fsp3) is 0.750. The predicted molar refractivity (Wildman–Crippen MR) is 198 cm³/mol. The van der Waals surface area contributed by atoms with Gasteiger partial charge in [0.25, 0.3) is 0 Å². The molecular formula is C40H59ClN4O7. The summed E-state index contributed by atoms with van der Waals surface area (Å²) in [5.74, 6) is -0.388. The molecule has 0 bridgehead atoms. The smallest absolute Gasteiger partial charge is 0.323 e. The van der Waals surface area contributed by atoms with Crippen LogP contribution in [-0.4, -0.2) is 108 Å². The van der Waals surface area contributed by atoms with Gasteiger partial charge in [-0.05, 0) is 67.9 Å². The Morgan fingerprint density at radius 3 is 2.48 bits per heavy atom. The molecule has 6 aliphatic rings. The van der Waals surface area contributed by atoms with E-state index in [0.29, 0.717) is 16.3 Å². The summed E-state index contributed by atoms with van der Waals surface area (Å²) in [4.78, 5) is 37.9. The topological polar surface area (TPSA) is 124 Å². The Hall–Kier alpha value is -2.25. The molecule has 3 aliphatic carbocycles. The average Bonchev–Trinajstić information content (AvgIpc) is 3.46. The first kappa shape index (κ1) is 38.0. The molecule has 1 unspecified atom stereocenters. The molecule has 2 saturated heterocycles. The molecule has 7 rings (SSSR count). The number of hydrogen-bond donors (Lipinski definition) is 3. The monoisotopic (exact) mass is 742 g/mol. The number of rotatable bonds is 8. The van der Waals surface area contributed by atoms with Gasteiger partial charge in [0.1, 0.15) is 17.2 Å². The van der Waals surface area contributed by atoms with Gasteiger partial charge >= 0.3 is 11.9 Å². The van der Waals surface area contributed by atoms with Crippen LogP contribution in [0.4, 0.5) is 5.69 Å². The second-order valence-electron chi connectivity index (χ2n) is 16.9. The third-order valence-corrected chi connectivity index (χ3v) is 13.8. The third-order valence-electron chi connectivity index (χ3n) is 13.5. The zero-order valence-electron chi connectivity index (χ0n) is 31.6. The number of esters is 2. The Labute approximate surface area is 313 Å². The number of fused-ring (bicyclic) bond motifs is 4. The highest BCUT2D eigenvalue weighted by Crippen LogP contribution is 2.53. The van der Waals surface area contributed by atoms with E-state index in [0.717, 1.165) is 57.1 Å². The summed E-state index contributed by atoms with van der Waals surface area (Å²) in [6.07, 6.45) is 7.67. The SMILES string of the molecule is CC(=O)O[C@@H]1C(C)=C[C@@H]2[C@H](C(C)CN3CCN(CC4CCCCC4)CC3)CC[C@@H](C)[C@]2(O)[C@H]1OC(=O)[C@@H]1C[C@@]2(O)c3cccc(Cl)c3N(C)O[C@H]2N1. The maximum atomic E-state index is 14.2. The molecule has 3 aliphatic heterocycles. The number of hydroxylamine groups is 1. The Bertz CT molecular complexity index is 1510. The van der Waals surface area contributed by atoms with Crippen molar-refractivity contribution in [3.05, 3.63) is 40.4 Å². The molecule has 10 atom stereocenters. The van der Waals surface area contributed by atoms with Gasteiger partial charge in [0.2, 0.25) is 0 Å². The minimum atomic E-state index is -1.55. The fourth-order valence-electron chi connectivity index (χ4n) is 10.6. The van der Waals surface area contributed by atoms with E-state index in [-0.39, 0.29) is 30.1 Å². The van der Waals surface area contributed by atoms with Crippen LogP contribution >= 0.6 is 11.6 Å². The number of para-hydroxylation sites is 1. The van der Waals surface area contributed by atoms with Gasteiger partial charge in [-0.3, -0.25) is 24.8 Å². The molecule has 288 valence electrons. The van der Waals surface area contributed by atoms with Gasteiger partial charge < -0.3 is 29.5 Å². The van der Waals surface area contributed by atoms with Crippen LogP contribution in [0.25, 0.3) is 0 Å². The number of ether oxygens (including phenoxy) is 2. The summed E-state index contributed by atoms with van der Waals surface area (Å²) < 4.78 is 12.2. The van der Waals surface area contributed by atoms with Gasteiger partial charge in [0.05, 0.1) is 10.7 Å². The summed E-state index contributed by atoms with van der Waals surface area (Å²) in [7, 11) is 1.70. The van der Waals surface area contributed by atoms with Gasteiger partial charge in [-0.1, -0.05) is 62.9 Å². The van der Waals surface area contributed by atoms with Crippen LogP contribution in [0.1, 0.15) is 84.6 Å². The van der Waals surface area contributed by atoms with E-state index in [1.807, 2.05) is 13.8 Å². The minimum absolute atomic E-state index is 0.0254. The van der Waals surface area contributed by atoms with E-state index < -0.39 is 47.6 Å². The van der Waals surface area contributed by atoms with E-state index in [4.69, 9.17) is 25.9 Å². The van der Waals surface area contributed by atoms with E-state index >= 15 is 0 Å². The van der Waals surface area contributed by atoms with Crippen LogP contribution in [0.3, 0.4) is 0 Å². The Morgan fingerprint density at radius 1 is 1.06 bits per heavy atom. The molecule has 1 aromatic rings. The number of aliphatic hydroxyl groups is 2. The molecule has 3 N–H and O–H groups in total. The van der Waals surface area contributed by atoms with E-state index in [2.05, 4.69) is 28.1 Å². The number of carbonyl (C=O) groups is 2. The van der Waals surface area contributed by atoms with Crippen LogP contribution in [0.2, 0.25) is 5.02 Å². The van der Waals surface area contributed by atoms with Crippen molar-refractivity contribution in [2.75, 3.05) is 51.4 Å². The molecule has 52 heavy (non-hydrogen) atoms. The normalized spacial score (nSPS) is 37.7. The van der Waals surface area contributed by atoms with Gasteiger partial charge in [-0.2, -0.15) is 0 Å². The quantitative estimate of drug-likeness (QED) is 0.255. The van der Waals surface area contributed by atoms with Crippen LogP contribution in [0.5, 0.6) is 0 Å². The minimum Gasteiger partial charge on any atom is -0.454 e. The van der Waals surface area contributed by atoms with E-state index in [9.17, 15) is 19.8 Å². The number of anilines is 1. The molecule has 0 amide bonds. The standard InChI is InChI=1S/C40H59ClN4O7/c1-24-20-31-29(25(2)22-44-16-18-45(19-17-44)23-28-10-7-6-8-11-28)15-14-26(3)40(31,49)36(35(24)50-27(4)46)51-37(47)33-21-39(48)30-12-9-13-32(41)34(30)43(5)52-38(39)42-33/h9,12-13,20,25-26,28-29,31,33,35-36,38,42,48-49H,6-8,10-11,14-19,21-23H2,1-5H3/t25?,26-,29+,31-,33+,35-,36+,38-,39-,40-/m1/s1. The van der Waals surface area contributed by atoms with Gasteiger partial charge in [-0.25, -0.2) is 0 Å². The van der Waals surface area contributed by atoms with E-state index in [1.54, 1.807) is 25.2 Å². The van der Waals surface area contributed by atoms with Gasteiger partial charge in [-0.15, -0.1) is 0 Å². The molecule has 0 radical (unpaired) electrons. The van der Waals surface area contributed by atoms with Gasteiger partial charge in [0, 0.05) is 71.1 Å². The molecule has 4 fully saturated rings. The van der Waals surface area contributed by atoms with Crippen molar-refractivity contribution >= 4 is 29.2 Å². The molecule has 12 heteroatoms. The summed E-state index contributed by atoms with van der Waals surface area (Å²) in [6, 6.07) is 4.31. The second-order valence-corrected chi connectivity index (χ2v) is 17.3. The first-order valence-corrected chi connectivity index (χ1v) is 20.1. The first-order valence-electron chi connectivity index (χ1n) is 19.7. The predicted octanol–water partition coefficient (Wildman–Crippen LogP) is 4.63. The van der Waals surface area contributed by atoms with Crippen LogP contribution < -0.4 is 10.4 Å². The molecular weight excluding hydrogens is 684 g/mol.